The average molecular weight is 499 g/mol. The average Bonchev–Trinajstić information content (AvgIpc) is 2.79. The Balaban J connectivity index is 1.74. The van der Waals surface area contributed by atoms with Crippen molar-refractivity contribution in [2.45, 2.75) is 12.6 Å². The van der Waals surface area contributed by atoms with Crippen LogP contribution >= 0.6 is 24.2 Å². The Hall–Kier alpha value is -2.59. The molecule has 0 unspecified atom stereocenters. The lowest BCUT2D eigenvalue weighted by Crippen LogP contribution is -2.49. The summed E-state index contributed by atoms with van der Waals surface area (Å²) in [7, 11) is 0. The lowest BCUT2D eigenvalue weighted by molar-refractivity contribution is -0.137. The van der Waals surface area contributed by atoms with Gasteiger partial charge in [0.15, 0.2) is 5.82 Å². The predicted molar refractivity (Wildman–Crippen MR) is 122 cm³/mol. The fourth-order valence-electron chi connectivity index (χ4n) is 3.98. The Morgan fingerprint density at radius 3 is 2.48 bits per heavy atom. The second kappa shape index (κ2) is 9.34. The van der Waals surface area contributed by atoms with Crippen molar-refractivity contribution < 1.29 is 22.4 Å². The summed E-state index contributed by atoms with van der Waals surface area (Å²) in [5, 5.41) is 0.124. The van der Waals surface area contributed by atoms with Crippen LogP contribution in [0.3, 0.4) is 0 Å². The first kappa shape index (κ1) is 23.6. The van der Waals surface area contributed by atoms with Crippen LogP contribution in [-0.2, 0) is 11.0 Å². The van der Waals surface area contributed by atoms with Crippen molar-refractivity contribution in [2.75, 3.05) is 36.8 Å². The quantitative estimate of drug-likeness (QED) is 0.403. The SMILES string of the molecule is O=C(CCS)N1CCN(c2ncnc3c(F)c(-c4ccccc4C(F)(F)F)c(Cl)cc23)CC1. The third-order valence-electron chi connectivity index (χ3n) is 5.56. The number of hydrogen-bond donors (Lipinski definition) is 1. The molecule has 5 nitrogen and oxygen atoms in total. The summed E-state index contributed by atoms with van der Waals surface area (Å²) in [5.41, 5.74) is -1.82. The molecule has 1 amide bonds. The Kier molecular flexibility index (Phi) is 6.67. The molecule has 4 rings (SSSR count). The topological polar surface area (TPSA) is 49.3 Å². The van der Waals surface area contributed by atoms with Gasteiger partial charge < -0.3 is 9.80 Å². The van der Waals surface area contributed by atoms with Gasteiger partial charge in [-0.15, -0.1) is 0 Å². The second-order valence-electron chi connectivity index (χ2n) is 7.53. The highest BCUT2D eigenvalue weighted by Crippen LogP contribution is 2.43. The molecule has 0 bridgehead atoms. The van der Waals surface area contributed by atoms with Gasteiger partial charge in [0.25, 0.3) is 0 Å². The van der Waals surface area contributed by atoms with Crippen molar-refractivity contribution in [1.82, 2.24) is 14.9 Å². The van der Waals surface area contributed by atoms with Gasteiger partial charge in [-0.1, -0.05) is 29.8 Å². The second-order valence-corrected chi connectivity index (χ2v) is 8.38. The smallest absolute Gasteiger partial charge is 0.352 e. The molecule has 1 aliphatic rings. The maximum atomic E-state index is 15.6. The summed E-state index contributed by atoms with van der Waals surface area (Å²) in [6.45, 7) is 1.85. The van der Waals surface area contributed by atoms with Crippen LogP contribution in [0.1, 0.15) is 12.0 Å². The van der Waals surface area contributed by atoms with Gasteiger partial charge in [0, 0.05) is 43.5 Å². The number of anilines is 1. The fraction of sp³-hybridized carbons (Fsp3) is 0.318. The molecule has 0 radical (unpaired) electrons. The number of nitrogens with zero attached hydrogens (tertiary/aromatic N) is 4. The molecule has 3 aromatic rings. The van der Waals surface area contributed by atoms with Crippen LogP contribution in [0, 0.1) is 5.82 Å². The number of halogens is 5. The van der Waals surface area contributed by atoms with E-state index in [1.807, 2.05) is 4.90 Å². The number of rotatable bonds is 4. The first-order valence-electron chi connectivity index (χ1n) is 10.1. The van der Waals surface area contributed by atoms with E-state index in [1.54, 1.807) is 4.90 Å². The highest BCUT2D eigenvalue weighted by Gasteiger charge is 2.35. The van der Waals surface area contributed by atoms with E-state index >= 15 is 4.39 Å². The van der Waals surface area contributed by atoms with E-state index in [0.29, 0.717) is 49.6 Å². The summed E-state index contributed by atoms with van der Waals surface area (Å²) < 4.78 is 56.1. The largest absolute Gasteiger partial charge is 0.417 e. The maximum Gasteiger partial charge on any atom is 0.417 e. The monoisotopic (exact) mass is 498 g/mol. The Labute approximate surface area is 197 Å². The molecule has 0 aliphatic carbocycles. The number of fused-ring (bicyclic) bond motifs is 1. The van der Waals surface area contributed by atoms with Gasteiger partial charge in [0.2, 0.25) is 5.91 Å². The van der Waals surface area contributed by atoms with Crippen molar-refractivity contribution in [1.29, 1.82) is 0 Å². The number of benzene rings is 2. The molecule has 1 saturated heterocycles. The zero-order chi connectivity index (χ0) is 23.8. The van der Waals surface area contributed by atoms with Crippen LogP contribution in [0.5, 0.6) is 0 Å². The molecule has 0 spiro atoms. The lowest BCUT2D eigenvalue weighted by atomic mass is 9.97. The lowest BCUT2D eigenvalue weighted by Gasteiger charge is -2.35. The minimum Gasteiger partial charge on any atom is -0.352 e. The number of carbonyl (C=O) groups is 1. The minimum absolute atomic E-state index is 0.0132. The molecular weight excluding hydrogens is 480 g/mol. The van der Waals surface area contributed by atoms with E-state index in [2.05, 4.69) is 22.6 Å². The summed E-state index contributed by atoms with van der Waals surface area (Å²) in [6, 6.07) is 6.10. The number of hydrogen-bond acceptors (Lipinski definition) is 5. The summed E-state index contributed by atoms with van der Waals surface area (Å²) in [5.74, 6) is -0.0508. The van der Waals surface area contributed by atoms with Gasteiger partial charge >= 0.3 is 6.18 Å². The van der Waals surface area contributed by atoms with Gasteiger partial charge in [-0.25, -0.2) is 14.4 Å². The Bertz CT molecular complexity index is 1200. The van der Waals surface area contributed by atoms with E-state index in [4.69, 9.17) is 11.6 Å². The highest BCUT2D eigenvalue weighted by molar-refractivity contribution is 7.80. The number of alkyl halides is 3. The van der Waals surface area contributed by atoms with Crippen LogP contribution in [-0.4, -0.2) is 52.7 Å². The number of piperazine rings is 1. The third-order valence-corrected chi connectivity index (χ3v) is 6.08. The number of aromatic nitrogens is 2. The number of thiol groups is 1. The van der Waals surface area contributed by atoms with Crippen molar-refractivity contribution in [2.24, 2.45) is 0 Å². The summed E-state index contributed by atoms with van der Waals surface area (Å²) in [4.78, 5) is 24.0. The zero-order valence-corrected chi connectivity index (χ0v) is 18.9. The van der Waals surface area contributed by atoms with Crippen molar-refractivity contribution in [3.63, 3.8) is 0 Å². The number of amides is 1. The summed E-state index contributed by atoms with van der Waals surface area (Å²) >= 11 is 10.4. The van der Waals surface area contributed by atoms with Crippen molar-refractivity contribution in [3.05, 3.63) is 53.1 Å². The number of carbonyl (C=O) groups excluding carboxylic acids is 1. The van der Waals surface area contributed by atoms with Crippen LogP contribution in [0.15, 0.2) is 36.7 Å². The van der Waals surface area contributed by atoms with E-state index in [-0.39, 0.29) is 27.6 Å². The Morgan fingerprint density at radius 1 is 1.12 bits per heavy atom. The molecule has 2 heterocycles. The first-order chi connectivity index (χ1) is 15.7. The van der Waals surface area contributed by atoms with Gasteiger partial charge in [-0.3, -0.25) is 4.79 Å². The molecule has 1 aliphatic heterocycles. The fourth-order valence-corrected chi connectivity index (χ4v) is 4.47. The van der Waals surface area contributed by atoms with E-state index in [1.165, 1.54) is 30.6 Å². The molecule has 0 N–H and O–H groups in total. The normalized spacial score (nSPS) is 14.7. The van der Waals surface area contributed by atoms with Gasteiger partial charge in [-0.2, -0.15) is 25.8 Å². The Morgan fingerprint density at radius 2 is 1.82 bits per heavy atom. The van der Waals surface area contributed by atoms with Crippen LogP contribution in [0.4, 0.5) is 23.4 Å². The zero-order valence-electron chi connectivity index (χ0n) is 17.2. The van der Waals surface area contributed by atoms with Crippen LogP contribution in [0.25, 0.3) is 22.0 Å². The molecule has 33 heavy (non-hydrogen) atoms. The molecule has 1 aromatic heterocycles. The van der Waals surface area contributed by atoms with E-state index in [9.17, 15) is 18.0 Å². The van der Waals surface area contributed by atoms with Crippen molar-refractivity contribution >= 4 is 46.9 Å². The van der Waals surface area contributed by atoms with Gasteiger partial charge in [0.1, 0.15) is 17.7 Å². The van der Waals surface area contributed by atoms with Crippen molar-refractivity contribution in [3.8, 4) is 11.1 Å². The highest BCUT2D eigenvalue weighted by atomic mass is 35.5. The molecule has 2 aromatic carbocycles. The predicted octanol–water partition coefficient (Wildman–Crippen LogP) is 5.08. The third kappa shape index (κ3) is 4.59. The van der Waals surface area contributed by atoms with Gasteiger partial charge in [0.05, 0.1) is 10.6 Å². The molecular formula is C22H19ClF4N4OS. The first-order valence-corrected chi connectivity index (χ1v) is 11.2. The van der Waals surface area contributed by atoms with E-state index < -0.39 is 17.6 Å². The summed E-state index contributed by atoms with van der Waals surface area (Å²) in [6.07, 6.45) is -3.16. The molecule has 0 atom stereocenters. The van der Waals surface area contributed by atoms with E-state index in [0.717, 1.165) is 6.07 Å². The van der Waals surface area contributed by atoms with Crippen LogP contribution in [0.2, 0.25) is 5.02 Å². The van der Waals surface area contributed by atoms with Crippen LogP contribution < -0.4 is 4.90 Å². The molecule has 174 valence electrons. The molecule has 11 heteroatoms. The van der Waals surface area contributed by atoms with Gasteiger partial charge in [-0.05, 0) is 23.4 Å². The molecule has 1 fully saturated rings. The molecule has 0 saturated carbocycles. The minimum atomic E-state index is -4.68. The standard InChI is InChI=1S/C22H19ClF4N4OS/c23-16-11-14-20(19(24)18(16)13-3-1-2-4-15(13)22(25,26)27)28-12-29-21(14)31-8-6-30(7-9-31)17(32)5-10-33/h1-4,11-12,33H,5-10H2. The maximum absolute atomic E-state index is 15.6.